The first kappa shape index (κ1) is 23.3. The minimum absolute atomic E-state index is 0.117. The van der Waals surface area contributed by atoms with Gasteiger partial charge in [0, 0.05) is 23.0 Å². The van der Waals surface area contributed by atoms with Crippen molar-refractivity contribution < 1.29 is 19.1 Å². The Balaban J connectivity index is 1.65. The molecule has 0 radical (unpaired) electrons. The fourth-order valence-corrected chi connectivity index (χ4v) is 3.96. The number of carbonyl (C=O) groups excluding carboxylic acids is 2. The number of carbonyl (C=O) groups is 2. The molecule has 0 fully saturated rings. The first-order valence-corrected chi connectivity index (χ1v) is 11.2. The van der Waals surface area contributed by atoms with E-state index in [1.54, 1.807) is 24.4 Å². The summed E-state index contributed by atoms with van der Waals surface area (Å²) in [6.45, 7) is 0.117. The summed E-state index contributed by atoms with van der Waals surface area (Å²) in [5.41, 5.74) is 3.34. The molecule has 1 atom stereocenters. The summed E-state index contributed by atoms with van der Waals surface area (Å²) in [6.07, 6.45) is 2.58. The number of aromatic nitrogens is 1. The number of hydrogen-bond donors (Lipinski definition) is 2. The van der Waals surface area contributed by atoms with Crippen molar-refractivity contribution in [1.29, 1.82) is 0 Å². The molecule has 2 amide bonds. The van der Waals surface area contributed by atoms with Crippen LogP contribution in [0.3, 0.4) is 0 Å². The maximum absolute atomic E-state index is 13.3. The van der Waals surface area contributed by atoms with Gasteiger partial charge in [-0.2, -0.15) is 0 Å². The lowest BCUT2D eigenvalue weighted by atomic mass is 9.94. The van der Waals surface area contributed by atoms with Crippen LogP contribution in [0.1, 0.15) is 29.2 Å². The third kappa shape index (κ3) is 5.74. The molecule has 0 spiro atoms. The molecule has 3 aromatic rings. The molecule has 0 saturated heterocycles. The van der Waals surface area contributed by atoms with Crippen molar-refractivity contribution in [3.8, 4) is 5.88 Å². The average molecular weight is 478 g/mol. The van der Waals surface area contributed by atoms with Crippen LogP contribution in [0.15, 0.2) is 84.2 Å². The number of nitrogens with one attached hydrogen (secondary N) is 2. The van der Waals surface area contributed by atoms with E-state index in [4.69, 9.17) is 21.1 Å². The van der Waals surface area contributed by atoms with Gasteiger partial charge in [0.15, 0.2) is 0 Å². The molecule has 4 rings (SSSR count). The number of hydrogen-bond acceptors (Lipinski definition) is 5. The third-order valence-electron chi connectivity index (χ3n) is 5.44. The van der Waals surface area contributed by atoms with Crippen LogP contribution in [0.5, 0.6) is 5.88 Å². The Bertz CT molecular complexity index is 1200. The Labute approximate surface area is 202 Å². The molecule has 1 aromatic heterocycles. The van der Waals surface area contributed by atoms with E-state index in [9.17, 15) is 9.59 Å². The summed E-state index contributed by atoms with van der Waals surface area (Å²) < 4.78 is 10.8. The number of esters is 1. The molecule has 8 heteroatoms. The summed E-state index contributed by atoms with van der Waals surface area (Å²) >= 11 is 6.11. The fourth-order valence-electron chi connectivity index (χ4n) is 3.75. The van der Waals surface area contributed by atoms with E-state index in [1.165, 1.54) is 7.11 Å². The lowest BCUT2D eigenvalue weighted by Gasteiger charge is -2.29. The summed E-state index contributed by atoms with van der Waals surface area (Å²) in [7, 11) is 1.52. The molecule has 0 bridgehead atoms. The number of pyridine rings is 1. The van der Waals surface area contributed by atoms with E-state index in [0.717, 1.165) is 11.1 Å². The Morgan fingerprint density at radius 1 is 1.03 bits per heavy atom. The van der Waals surface area contributed by atoms with Gasteiger partial charge < -0.3 is 20.1 Å². The van der Waals surface area contributed by atoms with Crippen LogP contribution in [0.25, 0.3) is 0 Å². The van der Waals surface area contributed by atoms with E-state index in [0.29, 0.717) is 40.6 Å². The lowest BCUT2D eigenvalue weighted by molar-refractivity contribution is -0.140. The number of aryl methyl sites for hydroxylation is 1. The topological polar surface area (TPSA) is 89.6 Å². The molecule has 1 aliphatic rings. The minimum Gasteiger partial charge on any atom is -0.481 e. The molecule has 34 heavy (non-hydrogen) atoms. The van der Waals surface area contributed by atoms with Crippen molar-refractivity contribution >= 4 is 23.6 Å². The number of nitrogens with zero attached hydrogens (tertiary/aromatic N) is 1. The van der Waals surface area contributed by atoms with Gasteiger partial charge in [0.1, 0.15) is 6.61 Å². The molecule has 2 N–H and O–H groups in total. The smallest absolute Gasteiger partial charge is 0.338 e. The number of halogens is 1. The number of allylic oxidation sites excluding steroid dienone is 1. The SMILES string of the molecule is COc1ccc(C2NC(=O)NC(CCc3cccc(Cl)c3)=C2C(=O)OCc2ccccc2)cn1. The Kier molecular flexibility index (Phi) is 7.44. The van der Waals surface area contributed by atoms with Crippen LogP contribution >= 0.6 is 11.6 Å². The van der Waals surface area contributed by atoms with E-state index >= 15 is 0 Å². The molecular formula is C26H24ClN3O4. The average Bonchev–Trinajstić information content (AvgIpc) is 2.86. The second-order valence-corrected chi connectivity index (χ2v) is 8.19. The molecular weight excluding hydrogens is 454 g/mol. The predicted octanol–water partition coefficient (Wildman–Crippen LogP) is 4.73. The zero-order valence-corrected chi connectivity index (χ0v) is 19.3. The number of amides is 2. The second-order valence-electron chi connectivity index (χ2n) is 7.75. The second kappa shape index (κ2) is 10.9. The lowest BCUT2D eigenvalue weighted by Crippen LogP contribution is -2.46. The first-order valence-electron chi connectivity index (χ1n) is 10.8. The van der Waals surface area contributed by atoms with Crippen molar-refractivity contribution in [2.45, 2.75) is 25.5 Å². The Hall–Kier alpha value is -3.84. The van der Waals surface area contributed by atoms with Gasteiger partial charge in [-0.1, -0.05) is 54.1 Å². The van der Waals surface area contributed by atoms with Gasteiger partial charge in [0.05, 0.1) is 18.7 Å². The Morgan fingerprint density at radius 2 is 1.82 bits per heavy atom. The zero-order valence-electron chi connectivity index (χ0n) is 18.6. The number of rotatable bonds is 8. The first-order chi connectivity index (χ1) is 16.5. The van der Waals surface area contributed by atoms with Crippen molar-refractivity contribution in [2.24, 2.45) is 0 Å². The molecule has 2 heterocycles. The number of methoxy groups -OCH3 is 1. The van der Waals surface area contributed by atoms with Crippen LogP contribution < -0.4 is 15.4 Å². The zero-order chi connectivity index (χ0) is 23.9. The molecule has 1 unspecified atom stereocenters. The summed E-state index contributed by atoms with van der Waals surface area (Å²) in [5.74, 6) is -0.0827. The number of urea groups is 1. The monoisotopic (exact) mass is 477 g/mol. The molecule has 2 aromatic carbocycles. The third-order valence-corrected chi connectivity index (χ3v) is 5.68. The molecule has 7 nitrogen and oxygen atoms in total. The van der Waals surface area contributed by atoms with Gasteiger partial charge in [-0.15, -0.1) is 0 Å². The highest BCUT2D eigenvalue weighted by atomic mass is 35.5. The van der Waals surface area contributed by atoms with Gasteiger partial charge >= 0.3 is 12.0 Å². The van der Waals surface area contributed by atoms with E-state index in [-0.39, 0.29) is 6.61 Å². The van der Waals surface area contributed by atoms with E-state index in [1.807, 2.05) is 48.5 Å². The fraction of sp³-hybridized carbons (Fsp3) is 0.192. The molecule has 174 valence electrons. The van der Waals surface area contributed by atoms with Crippen LogP contribution in [0, 0.1) is 0 Å². The number of benzene rings is 2. The molecule has 0 saturated carbocycles. The van der Waals surface area contributed by atoms with E-state index in [2.05, 4.69) is 15.6 Å². The van der Waals surface area contributed by atoms with Gasteiger partial charge in [0.2, 0.25) is 5.88 Å². The van der Waals surface area contributed by atoms with Crippen LogP contribution in [-0.2, 0) is 22.6 Å². The van der Waals surface area contributed by atoms with Gasteiger partial charge in [-0.3, -0.25) is 0 Å². The maximum atomic E-state index is 13.3. The molecule has 0 aliphatic carbocycles. The van der Waals surface area contributed by atoms with Gasteiger partial charge in [-0.05, 0) is 47.7 Å². The molecule has 1 aliphatic heterocycles. The standard InChI is InChI=1S/C26H24ClN3O4/c1-33-22-13-11-19(15-28-22)24-23(25(31)34-16-18-6-3-2-4-7-18)21(29-26(32)30-24)12-10-17-8-5-9-20(27)14-17/h2-9,11,13-15,24H,10,12,16H2,1H3,(H2,29,30,32). The van der Waals surface area contributed by atoms with Crippen LogP contribution in [0.2, 0.25) is 5.02 Å². The normalized spacial score (nSPS) is 15.4. The number of ether oxygens (including phenoxy) is 2. The summed E-state index contributed by atoms with van der Waals surface area (Å²) in [5, 5.41) is 6.26. The van der Waals surface area contributed by atoms with Crippen LogP contribution in [0.4, 0.5) is 4.79 Å². The highest BCUT2D eigenvalue weighted by Crippen LogP contribution is 2.30. The highest BCUT2D eigenvalue weighted by Gasteiger charge is 2.34. The minimum atomic E-state index is -0.718. The Morgan fingerprint density at radius 3 is 2.53 bits per heavy atom. The quantitative estimate of drug-likeness (QED) is 0.458. The highest BCUT2D eigenvalue weighted by molar-refractivity contribution is 6.30. The van der Waals surface area contributed by atoms with Crippen molar-refractivity contribution in [1.82, 2.24) is 15.6 Å². The van der Waals surface area contributed by atoms with Gasteiger partial charge in [-0.25, -0.2) is 14.6 Å². The van der Waals surface area contributed by atoms with Crippen LogP contribution in [-0.4, -0.2) is 24.1 Å². The predicted molar refractivity (Wildman–Crippen MR) is 128 cm³/mol. The summed E-state index contributed by atoms with van der Waals surface area (Å²) in [6, 6.07) is 19.2. The van der Waals surface area contributed by atoms with Crippen molar-refractivity contribution in [3.05, 3.63) is 106 Å². The maximum Gasteiger partial charge on any atom is 0.338 e. The summed E-state index contributed by atoms with van der Waals surface area (Å²) in [4.78, 5) is 30.1. The van der Waals surface area contributed by atoms with E-state index < -0.39 is 18.0 Å². The van der Waals surface area contributed by atoms with Crippen molar-refractivity contribution in [2.75, 3.05) is 7.11 Å². The van der Waals surface area contributed by atoms with Crippen molar-refractivity contribution in [3.63, 3.8) is 0 Å². The largest absolute Gasteiger partial charge is 0.481 e. The van der Waals surface area contributed by atoms with Gasteiger partial charge in [0.25, 0.3) is 0 Å².